The van der Waals surface area contributed by atoms with Crippen LogP contribution in [0.5, 0.6) is 0 Å². The van der Waals surface area contributed by atoms with Gasteiger partial charge in [-0.05, 0) is 34.7 Å². The molecular formula is C25H33N3O2. The van der Waals surface area contributed by atoms with E-state index < -0.39 is 5.97 Å². The molecule has 5 nitrogen and oxygen atoms in total. The number of nitrogens with zero attached hydrogens (tertiary/aromatic N) is 2. The fraction of sp³-hybridized carbons (Fsp3) is 0.360. The zero-order valence-corrected chi connectivity index (χ0v) is 18.8. The fourth-order valence-electron chi connectivity index (χ4n) is 2.82. The van der Waals surface area contributed by atoms with E-state index in [1.807, 2.05) is 63.2 Å². The predicted molar refractivity (Wildman–Crippen MR) is 123 cm³/mol. The summed E-state index contributed by atoms with van der Waals surface area (Å²) < 4.78 is 1.55. The predicted octanol–water partition coefficient (Wildman–Crippen LogP) is 5.49. The number of aromatic carboxylic acids is 1. The van der Waals surface area contributed by atoms with Gasteiger partial charge in [0.1, 0.15) is 5.69 Å². The molecule has 30 heavy (non-hydrogen) atoms. The summed E-state index contributed by atoms with van der Waals surface area (Å²) in [5.74, 6) is -0.945. The van der Waals surface area contributed by atoms with E-state index in [2.05, 4.69) is 38.0 Å². The summed E-state index contributed by atoms with van der Waals surface area (Å²) in [6, 6.07) is 19.4. The van der Waals surface area contributed by atoms with E-state index >= 15 is 0 Å². The standard InChI is InChI=1S/C15H18N2O2.C10H15N/c1-15(2,3)13-9-12(14(18)19)17(16-13)10-11-7-5-4-6-8-11;1-10(2,3)8-4-6-9(11)7-5-8/h4-9H,10H2,1-3H3,(H,18,19);4-7H,11H2,1-3H3. The Hall–Kier alpha value is -3.08. The molecule has 2 aromatic carbocycles. The lowest BCUT2D eigenvalue weighted by atomic mass is 9.87. The van der Waals surface area contributed by atoms with E-state index in [0.29, 0.717) is 6.54 Å². The second kappa shape index (κ2) is 9.16. The molecule has 1 heterocycles. The molecule has 0 saturated heterocycles. The van der Waals surface area contributed by atoms with Crippen LogP contribution in [0.15, 0.2) is 60.7 Å². The molecule has 5 heteroatoms. The number of carboxylic acid groups (broad SMARTS) is 1. The van der Waals surface area contributed by atoms with Crippen LogP contribution in [0.3, 0.4) is 0 Å². The van der Waals surface area contributed by atoms with Gasteiger partial charge in [-0.1, -0.05) is 84.0 Å². The highest BCUT2D eigenvalue weighted by molar-refractivity contribution is 5.85. The number of carboxylic acids is 1. The van der Waals surface area contributed by atoms with Crippen molar-refractivity contribution < 1.29 is 9.90 Å². The second-order valence-corrected chi connectivity index (χ2v) is 9.49. The smallest absolute Gasteiger partial charge is 0.354 e. The third-order valence-corrected chi connectivity index (χ3v) is 4.72. The maximum absolute atomic E-state index is 11.3. The van der Waals surface area contributed by atoms with E-state index in [4.69, 9.17) is 5.73 Å². The van der Waals surface area contributed by atoms with Crippen molar-refractivity contribution in [2.24, 2.45) is 0 Å². The van der Waals surface area contributed by atoms with Crippen LogP contribution in [0, 0.1) is 0 Å². The normalized spacial score (nSPS) is 11.5. The highest BCUT2D eigenvalue weighted by Crippen LogP contribution is 2.23. The number of nitrogens with two attached hydrogens (primary N) is 1. The SMILES string of the molecule is CC(C)(C)c1cc(C(=O)O)n(Cc2ccccc2)n1.CC(C)(C)c1ccc(N)cc1. The second-order valence-electron chi connectivity index (χ2n) is 9.49. The van der Waals surface area contributed by atoms with Crippen molar-refractivity contribution >= 4 is 11.7 Å². The van der Waals surface area contributed by atoms with Crippen molar-refractivity contribution in [3.63, 3.8) is 0 Å². The first-order valence-electron chi connectivity index (χ1n) is 10.1. The molecule has 0 aliphatic rings. The summed E-state index contributed by atoms with van der Waals surface area (Å²) in [7, 11) is 0. The van der Waals surface area contributed by atoms with Gasteiger partial charge >= 0.3 is 5.97 Å². The van der Waals surface area contributed by atoms with Crippen LogP contribution >= 0.6 is 0 Å². The molecule has 0 fully saturated rings. The summed E-state index contributed by atoms with van der Waals surface area (Å²) in [6.07, 6.45) is 0. The lowest BCUT2D eigenvalue weighted by Gasteiger charge is -2.18. The van der Waals surface area contributed by atoms with Crippen LogP contribution in [0.25, 0.3) is 0 Å². The van der Waals surface area contributed by atoms with Crippen LogP contribution in [0.4, 0.5) is 5.69 Å². The van der Waals surface area contributed by atoms with Crippen molar-refractivity contribution in [3.8, 4) is 0 Å². The number of hydrogen-bond acceptors (Lipinski definition) is 3. The molecule has 0 aliphatic carbocycles. The lowest BCUT2D eigenvalue weighted by molar-refractivity contribution is 0.0684. The fourth-order valence-corrected chi connectivity index (χ4v) is 2.82. The first kappa shape index (κ1) is 23.2. The molecule has 0 unspecified atom stereocenters. The topological polar surface area (TPSA) is 81.1 Å². The monoisotopic (exact) mass is 407 g/mol. The molecule has 0 aliphatic heterocycles. The number of carbonyl (C=O) groups is 1. The van der Waals surface area contributed by atoms with Crippen LogP contribution in [0.1, 0.15) is 68.9 Å². The van der Waals surface area contributed by atoms with E-state index in [-0.39, 0.29) is 16.5 Å². The average Bonchev–Trinajstić information content (AvgIpc) is 3.07. The van der Waals surface area contributed by atoms with Gasteiger partial charge in [0.25, 0.3) is 0 Å². The van der Waals surface area contributed by atoms with Crippen LogP contribution in [-0.4, -0.2) is 20.9 Å². The quantitative estimate of drug-likeness (QED) is 0.562. The van der Waals surface area contributed by atoms with Crippen molar-refractivity contribution in [1.29, 1.82) is 0 Å². The lowest BCUT2D eigenvalue weighted by Crippen LogP contribution is -2.14. The van der Waals surface area contributed by atoms with Gasteiger partial charge in [-0.2, -0.15) is 5.10 Å². The van der Waals surface area contributed by atoms with Gasteiger partial charge in [0.2, 0.25) is 0 Å². The van der Waals surface area contributed by atoms with Crippen molar-refractivity contribution in [2.45, 2.75) is 58.9 Å². The minimum atomic E-state index is -0.945. The third kappa shape index (κ3) is 6.48. The summed E-state index contributed by atoms with van der Waals surface area (Å²) in [5.41, 5.74) is 9.85. The molecular weight excluding hydrogens is 374 g/mol. The van der Waals surface area contributed by atoms with E-state index in [0.717, 1.165) is 16.9 Å². The number of benzene rings is 2. The minimum absolute atomic E-state index is 0.161. The Labute approximate surface area is 179 Å². The Bertz CT molecular complexity index is 960. The minimum Gasteiger partial charge on any atom is -0.477 e. The first-order valence-corrected chi connectivity index (χ1v) is 10.1. The molecule has 3 rings (SSSR count). The van der Waals surface area contributed by atoms with E-state index in [9.17, 15) is 9.90 Å². The maximum atomic E-state index is 11.3. The van der Waals surface area contributed by atoms with Gasteiger partial charge in [0.15, 0.2) is 0 Å². The number of hydrogen-bond donors (Lipinski definition) is 2. The number of anilines is 1. The summed E-state index contributed by atoms with van der Waals surface area (Å²) in [5, 5.41) is 13.7. The van der Waals surface area contributed by atoms with Crippen molar-refractivity contribution in [2.75, 3.05) is 5.73 Å². The Morgan fingerprint density at radius 3 is 1.97 bits per heavy atom. The third-order valence-electron chi connectivity index (χ3n) is 4.72. The largest absolute Gasteiger partial charge is 0.477 e. The molecule has 0 amide bonds. The van der Waals surface area contributed by atoms with Crippen LogP contribution in [0.2, 0.25) is 0 Å². The molecule has 0 radical (unpaired) electrons. The molecule has 3 aromatic rings. The summed E-state index contributed by atoms with van der Waals surface area (Å²) >= 11 is 0. The van der Waals surface area contributed by atoms with Gasteiger partial charge in [0, 0.05) is 11.1 Å². The number of rotatable bonds is 3. The van der Waals surface area contributed by atoms with E-state index in [1.165, 1.54) is 5.56 Å². The maximum Gasteiger partial charge on any atom is 0.354 e. The zero-order chi connectivity index (χ0) is 22.5. The van der Waals surface area contributed by atoms with Crippen LogP contribution in [-0.2, 0) is 17.4 Å². The molecule has 0 saturated carbocycles. The zero-order valence-electron chi connectivity index (χ0n) is 18.8. The van der Waals surface area contributed by atoms with Crippen molar-refractivity contribution in [3.05, 3.63) is 83.2 Å². The number of aromatic nitrogens is 2. The van der Waals surface area contributed by atoms with Gasteiger partial charge < -0.3 is 10.8 Å². The average molecular weight is 408 g/mol. The Balaban J connectivity index is 0.000000248. The molecule has 0 spiro atoms. The molecule has 1 aromatic heterocycles. The Morgan fingerprint density at radius 1 is 0.933 bits per heavy atom. The summed E-state index contributed by atoms with van der Waals surface area (Å²) in [6.45, 7) is 13.1. The highest BCUT2D eigenvalue weighted by Gasteiger charge is 2.22. The Kier molecular flexibility index (Phi) is 7.08. The van der Waals surface area contributed by atoms with Crippen LogP contribution < -0.4 is 5.73 Å². The molecule has 3 N–H and O–H groups in total. The first-order chi connectivity index (χ1) is 13.9. The van der Waals surface area contributed by atoms with Crippen molar-refractivity contribution in [1.82, 2.24) is 9.78 Å². The Morgan fingerprint density at radius 2 is 1.50 bits per heavy atom. The summed E-state index contributed by atoms with van der Waals surface area (Å²) in [4.78, 5) is 11.3. The number of nitrogen functional groups attached to an aromatic ring is 1. The van der Waals surface area contributed by atoms with Gasteiger partial charge in [-0.25, -0.2) is 4.79 Å². The van der Waals surface area contributed by atoms with Gasteiger partial charge in [0.05, 0.1) is 12.2 Å². The molecule has 160 valence electrons. The van der Waals surface area contributed by atoms with E-state index in [1.54, 1.807) is 10.7 Å². The molecule has 0 bridgehead atoms. The molecule has 0 atom stereocenters. The van der Waals surface area contributed by atoms with Gasteiger partial charge in [-0.15, -0.1) is 0 Å². The highest BCUT2D eigenvalue weighted by atomic mass is 16.4. The van der Waals surface area contributed by atoms with Gasteiger partial charge in [-0.3, -0.25) is 4.68 Å².